The summed E-state index contributed by atoms with van der Waals surface area (Å²) < 4.78 is 3.85. The smallest absolute Gasteiger partial charge is 0.178 e. The average Bonchev–Trinajstić information content (AvgIpc) is 3.11. The van der Waals surface area contributed by atoms with Crippen molar-refractivity contribution < 1.29 is 0 Å². The Balaban J connectivity index is 1.84. The molecule has 0 spiro atoms. The lowest BCUT2D eigenvalue weighted by Crippen LogP contribution is -2.07. The Morgan fingerprint density at radius 1 is 1.29 bits per heavy atom. The molecule has 3 rings (SSSR count). The minimum Gasteiger partial charge on any atom is -0.378 e. The molecule has 3 aromatic heterocycles. The number of nitrogens with one attached hydrogen (secondary N) is 1. The topological polar surface area (TPSA) is 60.6 Å². The molecule has 6 heteroatoms. The van der Waals surface area contributed by atoms with Gasteiger partial charge in [0.15, 0.2) is 5.82 Å². The first-order valence-electron chi connectivity index (χ1n) is 6.82. The normalized spacial score (nSPS) is 10.8. The van der Waals surface area contributed by atoms with Gasteiger partial charge in [0.1, 0.15) is 12.7 Å². The second-order valence-corrected chi connectivity index (χ2v) is 5.02. The molecule has 1 N–H and O–H groups in total. The fourth-order valence-corrected chi connectivity index (χ4v) is 2.34. The predicted molar refractivity (Wildman–Crippen MR) is 81.4 cm³/mol. The van der Waals surface area contributed by atoms with Crippen LogP contribution in [0.25, 0.3) is 5.82 Å². The molecule has 108 valence electrons. The average molecular weight is 282 g/mol. The van der Waals surface area contributed by atoms with Crippen LogP contribution in [0.5, 0.6) is 0 Å². The number of anilines is 1. The summed E-state index contributed by atoms with van der Waals surface area (Å²) in [6.07, 6.45) is 4.90. The van der Waals surface area contributed by atoms with Gasteiger partial charge in [0, 0.05) is 31.2 Å². The van der Waals surface area contributed by atoms with E-state index >= 15 is 0 Å². The van der Waals surface area contributed by atoms with Crippen molar-refractivity contribution in [1.82, 2.24) is 24.3 Å². The van der Waals surface area contributed by atoms with E-state index < -0.39 is 0 Å². The summed E-state index contributed by atoms with van der Waals surface area (Å²) in [6.45, 7) is 4.99. The highest BCUT2D eigenvalue weighted by Gasteiger charge is 2.09. The van der Waals surface area contributed by atoms with E-state index in [1.54, 1.807) is 17.2 Å². The molecule has 0 amide bonds. The number of nitrogens with zero attached hydrogens (tertiary/aromatic N) is 5. The molecular weight excluding hydrogens is 264 g/mol. The molecule has 0 saturated carbocycles. The van der Waals surface area contributed by atoms with Crippen molar-refractivity contribution in [2.75, 3.05) is 5.32 Å². The van der Waals surface area contributed by atoms with Gasteiger partial charge in [0.05, 0.1) is 5.69 Å². The van der Waals surface area contributed by atoms with E-state index in [-0.39, 0.29) is 0 Å². The largest absolute Gasteiger partial charge is 0.378 e. The van der Waals surface area contributed by atoms with Crippen LogP contribution in [0.2, 0.25) is 0 Å². The Bertz CT molecular complexity index is 742. The maximum Gasteiger partial charge on any atom is 0.178 e. The SMILES string of the molecule is Cc1cc(CNc2cccnc2-n2cncn2)c(C)n1C. The van der Waals surface area contributed by atoms with Crippen LogP contribution >= 0.6 is 0 Å². The Kier molecular flexibility index (Phi) is 3.43. The zero-order chi connectivity index (χ0) is 14.8. The summed E-state index contributed by atoms with van der Waals surface area (Å²) in [7, 11) is 2.08. The predicted octanol–water partition coefficient (Wildman–Crippen LogP) is 2.23. The highest BCUT2D eigenvalue weighted by atomic mass is 15.3. The minimum atomic E-state index is 0.750. The summed E-state index contributed by atoms with van der Waals surface area (Å²) in [5.41, 5.74) is 4.74. The van der Waals surface area contributed by atoms with Gasteiger partial charge in [-0.15, -0.1) is 0 Å². The third-order valence-corrected chi connectivity index (χ3v) is 3.77. The number of pyridine rings is 1. The standard InChI is InChI=1S/C15H18N6/c1-11-7-13(12(2)20(11)3)8-18-14-5-4-6-17-15(14)21-10-16-9-19-21/h4-7,9-10,18H,8H2,1-3H3. The first-order valence-corrected chi connectivity index (χ1v) is 6.82. The molecule has 3 heterocycles. The van der Waals surface area contributed by atoms with Gasteiger partial charge in [-0.2, -0.15) is 5.10 Å². The Labute approximate surface area is 123 Å². The third kappa shape index (κ3) is 2.52. The van der Waals surface area contributed by atoms with Crippen molar-refractivity contribution in [3.05, 3.63) is 54.0 Å². The van der Waals surface area contributed by atoms with Crippen molar-refractivity contribution in [2.24, 2.45) is 7.05 Å². The van der Waals surface area contributed by atoms with Gasteiger partial charge in [0.2, 0.25) is 0 Å². The first kappa shape index (κ1) is 13.4. The van der Waals surface area contributed by atoms with Gasteiger partial charge in [-0.05, 0) is 37.6 Å². The molecule has 6 nitrogen and oxygen atoms in total. The number of aryl methyl sites for hydroxylation is 1. The van der Waals surface area contributed by atoms with E-state index in [1.165, 1.54) is 23.3 Å². The quantitative estimate of drug-likeness (QED) is 0.797. The van der Waals surface area contributed by atoms with Crippen LogP contribution in [0.1, 0.15) is 17.0 Å². The molecule has 21 heavy (non-hydrogen) atoms. The van der Waals surface area contributed by atoms with Crippen LogP contribution in [-0.4, -0.2) is 24.3 Å². The summed E-state index contributed by atoms with van der Waals surface area (Å²) >= 11 is 0. The third-order valence-electron chi connectivity index (χ3n) is 3.77. The molecule has 0 atom stereocenters. The van der Waals surface area contributed by atoms with Crippen LogP contribution in [0, 0.1) is 13.8 Å². The number of hydrogen-bond acceptors (Lipinski definition) is 4. The van der Waals surface area contributed by atoms with Gasteiger partial charge in [-0.25, -0.2) is 14.6 Å². The summed E-state index contributed by atoms with van der Waals surface area (Å²) in [6, 6.07) is 6.11. The highest BCUT2D eigenvalue weighted by molar-refractivity contribution is 5.56. The van der Waals surface area contributed by atoms with Gasteiger partial charge in [0.25, 0.3) is 0 Å². The molecule has 0 aromatic carbocycles. The Morgan fingerprint density at radius 2 is 2.14 bits per heavy atom. The first-order chi connectivity index (χ1) is 10.2. The van der Waals surface area contributed by atoms with Crippen LogP contribution in [0.4, 0.5) is 5.69 Å². The van der Waals surface area contributed by atoms with E-state index in [4.69, 9.17) is 0 Å². The second-order valence-electron chi connectivity index (χ2n) is 5.02. The van der Waals surface area contributed by atoms with E-state index in [0.29, 0.717) is 0 Å². The maximum atomic E-state index is 4.37. The molecule has 0 aliphatic carbocycles. The fourth-order valence-electron chi connectivity index (χ4n) is 2.34. The van der Waals surface area contributed by atoms with E-state index in [0.717, 1.165) is 18.1 Å². The molecule has 0 aliphatic rings. The Morgan fingerprint density at radius 3 is 2.81 bits per heavy atom. The maximum absolute atomic E-state index is 4.37. The zero-order valence-corrected chi connectivity index (χ0v) is 12.4. The number of hydrogen-bond donors (Lipinski definition) is 1. The highest BCUT2D eigenvalue weighted by Crippen LogP contribution is 2.19. The van der Waals surface area contributed by atoms with Crippen molar-refractivity contribution >= 4 is 5.69 Å². The fraction of sp³-hybridized carbons (Fsp3) is 0.267. The molecule has 0 unspecified atom stereocenters. The van der Waals surface area contributed by atoms with Crippen LogP contribution in [0.15, 0.2) is 37.1 Å². The van der Waals surface area contributed by atoms with Gasteiger partial charge in [-0.3, -0.25) is 0 Å². The number of rotatable bonds is 4. The lowest BCUT2D eigenvalue weighted by Gasteiger charge is -2.10. The summed E-state index contributed by atoms with van der Waals surface area (Å²) in [4.78, 5) is 8.34. The van der Waals surface area contributed by atoms with E-state index in [1.807, 2.05) is 12.1 Å². The van der Waals surface area contributed by atoms with Crippen LogP contribution in [-0.2, 0) is 13.6 Å². The van der Waals surface area contributed by atoms with Gasteiger partial charge >= 0.3 is 0 Å². The van der Waals surface area contributed by atoms with Crippen molar-refractivity contribution in [1.29, 1.82) is 0 Å². The van der Waals surface area contributed by atoms with E-state index in [9.17, 15) is 0 Å². The molecule has 3 aromatic rings. The van der Waals surface area contributed by atoms with Crippen molar-refractivity contribution in [3.63, 3.8) is 0 Å². The molecule has 0 fully saturated rings. The van der Waals surface area contributed by atoms with Gasteiger partial charge < -0.3 is 9.88 Å². The van der Waals surface area contributed by atoms with E-state index in [2.05, 4.69) is 51.9 Å². The lowest BCUT2D eigenvalue weighted by atomic mass is 10.2. The summed E-state index contributed by atoms with van der Waals surface area (Å²) in [5.74, 6) is 0.750. The van der Waals surface area contributed by atoms with Crippen molar-refractivity contribution in [2.45, 2.75) is 20.4 Å². The zero-order valence-electron chi connectivity index (χ0n) is 12.4. The molecule has 0 saturated heterocycles. The molecule has 0 bridgehead atoms. The summed E-state index contributed by atoms with van der Waals surface area (Å²) in [5, 5.41) is 7.57. The number of aromatic nitrogens is 5. The lowest BCUT2D eigenvalue weighted by molar-refractivity contribution is 0.834. The molecule has 0 radical (unpaired) electrons. The monoisotopic (exact) mass is 282 g/mol. The van der Waals surface area contributed by atoms with Crippen molar-refractivity contribution in [3.8, 4) is 5.82 Å². The van der Waals surface area contributed by atoms with Gasteiger partial charge in [-0.1, -0.05) is 0 Å². The second kappa shape index (κ2) is 5.40. The Hall–Kier alpha value is -2.63. The molecular formula is C15H18N6. The van der Waals surface area contributed by atoms with Crippen LogP contribution in [0.3, 0.4) is 0 Å². The minimum absolute atomic E-state index is 0.750. The van der Waals surface area contributed by atoms with Crippen LogP contribution < -0.4 is 5.32 Å². The molecule has 0 aliphatic heterocycles.